The highest BCUT2D eigenvalue weighted by molar-refractivity contribution is 9.10. The Balaban J connectivity index is 2.62. The van der Waals surface area contributed by atoms with Crippen molar-refractivity contribution in [2.24, 2.45) is 0 Å². The van der Waals surface area contributed by atoms with Crippen LogP contribution >= 0.6 is 15.9 Å². The first-order valence-electron chi connectivity index (χ1n) is 5.29. The molecular weight excluding hydrogens is 300 g/mol. The molecule has 92 valence electrons. The quantitative estimate of drug-likeness (QED) is 0.909. The van der Waals surface area contributed by atoms with E-state index in [0.717, 1.165) is 16.6 Å². The van der Waals surface area contributed by atoms with Crippen LogP contribution in [0.4, 0.5) is 5.69 Å². The van der Waals surface area contributed by atoms with E-state index in [1.807, 2.05) is 6.07 Å². The molecule has 0 aromatic heterocycles. The molecule has 0 amide bonds. The summed E-state index contributed by atoms with van der Waals surface area (Å²) in [5.41, 5.74) is 1.59. The molecule has 2 unspecified atom stereocenters. The van der Waals surface area contributed by atoms with E-state index in [9.17, 15) is 4.21 Å². The van der Waals surface area contributed by atoms with E-state index in [1.54, 1.807) is 18.4 Å². The zero-order valence-corrected chi connectivity index (χ0v) is 12.3. The van der Waals surface area contributed by atoms with Gasteiger partial charge in [0.05, 0.1) is 11.6 Å². The first-order valence-corrected chi connectivity index (χ1v) is 7.81. The van der Waals surface area contributed by atoms with Crippen molar-refractivity contribution in [1.29, 1.82) is 5.26 Å². The van der Waals surface area contributed by atoms with Gasteiger partial charge in [0, 0.05) is 39.0 Å². The Morgan fingerprint density at radius 3 is 2.82 bits per heavy atom. The molecular formula is C12H15BrN2OS. The average Bonchev–Trinajstić information content (AvgIpc) is 2.29. The Hall–Kier alpha value is -0.860. The van der Waals surface area contributed by atoms with Crippen molar-refractivity contribution in [1.82, 2.24) is 0 Å². The van der Waals surface area contributed by atoms with Crippen LogP contribution in [0.3, 0.4) is 0 Å². The van der Waals surface area contributed by atoms with Gasteiger partial charge < -0.3 is 5.32 Å². The highest BCUT2D eigenvalue weighted by Crippen LogP contribution is 2.24. The van der Waals surface area contributed by atoms with E-state index in [2.05, 4.69) is 34.2 Å². The number of hydrogen-bond donors (Lipinski definition) is 1. The van der Waals surface area contributed by atoms with Crippen molar-refractivity contribution in [3.63, 3.8) is 0 Å². The topological polar surface area (TPSA) is 52.9 Å². The van der Waals surface area contributed by atoms with Crippen LogP contribution < -0.4 is 5.32 Å². The standard InChI is InChI=1S/C12H15BrN2OS/c1-9(5-6-17(2)16)15-12-4-3-10(8-14)7-11(12)13/h3-4,7,9,15H,5-6H2,1-2H3. The molecule has 2 atom stereocenters. The molecule has 0 heterocycles. The lowest BCUT2D eigenvalue weighted by Gasteiger charge is -2.15. The second-order valence-corrected chi connectivity index (χ2v) is 6.33. The van der Waals surface area contributed by atoms with Gasteiger partial charge in [0.15, 0.2) is 0 Å². The number of nitriles is 1. The minimum atomic E-state index is -0.749. The second-order valence-electron chi connectivity index (χ2n) is 3.92. The summed E-state index contributed by atoms with van der Waals surface area (Å²) in [7, 11) is -0.749. The van der Waals surface area contributed by atoms with Crippen LogP contribution in [-0.2, 0) is 10.8 Å². The zero-order valence-electron chi connectivity index (χ0n) is 9.87. The lowest BCUT2D eigenvalue weighted by molar-refractivity contribution is 0.678. The van der Waals surface area contributed by atoms with Crippen LogP contribution in [0.5, 0.6) is 0 Å². The summed E-state index contributed by atoms with van der Waals surface area (Å²) in [4.78, 5) is 0. The minimum Gasteiger partial charge on any atom is -0.382 e. The molecule has 1 aromatic carbocycles. The summed E-state index contributed by atoms with van der Waals surface area (Å²) >= 11 is 3.42. The summed E-state index contributed by atoms with van der Waals surface area (Å²) in [6.45, 7) is 2.05. The highest BCUT2D eigenvalue weighted by atomic mass is 79.9. The zero-order chi connectivity index (χ0) is 12.8. The number of nitrogens with zero attached hydrogens (tertiary/aromatic N) is 1. The first kappa shape index (κ1) is 14.2. The van der Waals surface area contributed by atoms with Gasteiger partial charge in [-0.15, -0.1) is 0 Å². The monoisotopic (exact) mass is 314 g/mol. The molecule has 0 radical (unpaired) electrons. The third-order valence-electron chi connectivity index (χ3n) is 2.34. The van der Waals surface area contributed by atoms with Gasteiger partial charge in [0.25, 0.3) is 0 Å². The van der Waals surface area contributed by atoms with Gasteiger partial charge in [0.1, 0.15) is 0 Å². The normalized spacial score (nSPS) is 13.8. The van der Waals surface area contributed by atoms with Gasteiger partial charge in [-0.2, -0.15) is 5.26 Å². The molecule has 0 spiro atoms. The molecule has 0 aliphatic rings. The predicted molar refractivity (Wildman–Crippen MR) is 75.5 cm³/mol. The number of rotatable bonds is 5. The second kappa shape index (κ2) is 6.77. The third kappa shape index (κ3) is 4.88. The lowest BCUT2D eigenvalue weighted by Crippen LogP contribution is -2.18. The van der Waals surface area contributed by atoms with Gasteiger partial charge in [-0.25, -0.2) is 0 Å². The minimum absolute atomic E-state index is 0.253. The maximum Gasteiger partial charge on any atom is 0.0992 e. The van der Waals surface area contributed by atoms with Gasteiger partial charge >= 0.3 is 0 Å². The van der Waals surface area contributed by atoms with Crippen molar-refractivity contribution < 1.29 is 4.21 Å². The lowest BCUT2D eigenvalue weighted by atomic mass is 10.2. The maximum atomic E-state index is 11.0. The van der Waals surface area contributed by atoms with E-state index < -0.39 is 10.8 Å². The summed E-state index contributed by atoms with van der Waals surface area (Å²) in [5, 5.41) is 12.1. The van der Waals surface area contributed by atoms with Crippen molar-refractivity contribution in [2.75, 3.05) is 17.3 Å². The van der Waals surface area contributed by atoms with Crippen molar-refractivity contribution in [3.8, 4) is 6.07 Å². The maximum absolute atomic E-state index is 11.0. The highest BCUT2D eigenvalue weighted by Gasteiger charge is 2.06. The summed E-state index contributed by atoms with van der Waals surface area (Å²) in [6, 6.07) is 7.78. The fourth-order valence-corrected chi connectivity index (χ4v) is 2.56. The molecule has 0 aliphatic heterocycles. The Morgan fingerprint density at radius 2 is 2.29 bits per heavy atom. The van der Waals surface area contributed by atoms with Crippen LogP contribution in [0.2, 0.25) is 0 Å². The number of hydrogen-bond acceptors (Lipinski definition) is 3. The molecule has 0 saturated carbocycles. The molecule has 1 rings (SSSR count). The van der Waals surface area contributed by atoms with E-state index in [0.29, 0.717) is 11.3 Å². The number of halogens is 1. The molecule has 1 N–H and O–H groups in total. The van der Waals surface area contributed by atoms with E-state index >= 15 is 0 Å². The average molecular weight is 315 g/mol. The largest absolute Gasteiger partial charge is 0.382 e. The Morgan fingerprint density at radius 1 is 1.59 bits per heavy atom. The van der Waals surface area contributed by atoms with Gasteiger partial charge in [-0.1, -0.05) is 0 Å². The molecule has 0 saturated heterocycles. The van der Waals surface area contributed by atoms with Crippen LogP contribution in [0.1, 0.15) is 18.9 Å². The van der Waals surface area contributed by atoms with Crippen molar-refractivity contribution in [3.05, 3.63) is 28.2 Å². The van der Waals surface area contributed by atoms with Crippen molar-refractivity contribution in [2.45, 2.75) is 19.4 Å². The smallest absolute Gasteiger partial charge is 0.0992 e. The molecule has 0 aliphatic carbocycles. The van der Waals surface area contributed by atoms with E-state index in [1.165, 1.54) is 0 Å². The van der Waals surface area contributed by atoms with Crippen LogP contribution in [0.15, 0.2) is 22.7 Å². The molecule has 0 bridgehead atoms. The Bertz CT molecular complexity index is 456. The number of anilines is 1. The van der Waals surface area contributed by atoms with Gasteiger partial charge in [-0.05, 0) is 47.5 Å². The summed E-state index contributed by atoms with van der Waals surface area (Å²) < 4.78 is 11.9. The SMILES string of the molecule is CC(CCS(C)=O)Nc1ccc(C#N)cc1Br. The van der Waals surface area contributed by atoms with E-state index in [4.69, 9.17) is 5.26 Å². The van der Waals surface area contributed by atoms with Crippen molar-refractivity contribution >= 4 is 32.4 Å². The molecule has 0 fully saturated rings. The fraction of sp³-hybridized carbons (Fsp3) is 0.417. The molecule has 17 heavy (non-hydrogen) atoms. The predicted octanol–water partition coefficient (Wildman–Crippen LogP) is 2.89. The summed E-state index contributed by atoms with van der Waals surface area (Å²) in [6.07, 6.45) is 2.57. The van der Waals surface area contributed by atoms with Gasteiger partial charge in [-0.3, -0.25) is 4.21 Å². The number of nitrogens with one attached hydrogen (secondary N) is 1. The summed E-state index contributed by atoms with van der Waals surface area (Å²) in [5.74, 6) is 0.696. The third-order valence-corrected chi connectivity index (χ3v) is 3.81. The Kier molecular flexibility index (Phi) is 5.66. The van der Waals surface area contributed by atoms with Crippen LogP contribution in [0.25, 0.3) is 0 Å². The number of benzene rings is 1. The van der Waals surface area contributed by atoms with E-state index in [-0.39, 0.29) is 6.04 Å². The first-order chi connectivity index (χ1) is 8.02. The van der Waals surface area contributed by atoms with Crippen LogP contribution in [-0.4, -0.2) is 22.3 Å². The molecule has 5 heteroatoms. The van der Waals surface area contributed by atoms with Gasteiger partial charge in [0.2, 0.25) is 0 Å². The molecule has 3 nitrogen and oxygen atoms in total. The molecule has 1 aromatic rings. The van der Waals surface area contributed by atoms with Crippen LogP contribution in [0, 0.1) is 11.3 Å². The fourth-order valence-electron chi connectivity index (χ4n) is 1.38. The Labute approximate surface area is 113 Å².